The Bertz CT molecular complexity index is 754. The van der Waals surface area contributed by atoms with Gasteiger partial charge in [-0.2, -0.15) is 16.4 Å². The highest BCUT2D eigenvalue weighted by atomic mass is 127. The predicted octanol–water partition coefficient (Wildman–Crippen LogP) is 2.65. The maximum atomic E-state index is 12.1. The van der Waals surface area contributed by atoms with Gasteiger partial charge in [-0.05, 0) is 57.6 Å². The van der Waals surface area contributed by atoms with Crippen LogP contribution in [-0.2, 0) is 0 Å². The number of halogens is 1. The van der Waals surface area contributed by atoms with Crippen molar-refractivity contribution in [1.29, 1.82) is 0 Å². The highest BCUT2D eigenvalue weighted by Gasteiger charge is 2.14. The lowest BCUT2D eigenvalue weighted by Crippen LogP contribution is -2.27. The number of benzene rings is 1. The van der Waals surface area contributed by atoms with Gasteiger partial charge in [0.2, 0.25) is 0 Å². The molecule has 0 aliphatic carbocycles. The molecule has 5 nitrogen and oxygen atoms in total. The van der Waals surface area contributed by atoms with Crippen molar-refractivity contribution in [3.63, 3.8) is 0 Å². The fourth-order valence-electron chi connectivity index (χ4n) is 1.84. The van der Waals surface area contributed by atoms with E-state index in [-0.39, 0.29) is 5.91 Å². The van der Waals surface area contributed by atoms with Crippen molar-refractivity contribution in [3.8, 4) is 0 Å². The van der Waals surface area contributed by atoms with Gasteiger partial charge in [0.05, 0.1) is 5.52 Å². The molecular formula is C13H10IN3O2S. The number of carbonyl (C=O) groups is 1. The van der Waals surface area contributed by atoms with Gasteiger partial charge in [-0.15, -0.1) is 0 Å². The fraction of sp³-hybridized carbons (Fsp3) is 0.0769. The molecule has 0 radical (unpaired) electrons. The van der Waals surface area contributed by atoms with Crippen LogP contribution in [0.5, 0.6) is 0 Å². The van der Waals surface area contributed by atoms with Crippen LogP contribution in [0.15, 0.2) is 35.0 Å². The first-order valence-electron chi connectivity index (χ1n) is 5.80. The lowest BCUT2D eigenvalue weighted by Gasteiger charge is -2.11. The molecule has 3 N–H and O–H groups in total. The van der Waals surface area contributed by atoms with E-state index in [1.54, 1.807) is 29.6 Å². The van der Waals surface area contributed by atoms with Crippen LogP contribution in [0.4, 0.5) is 0 Å². The molecule has 0 spiro atoms. The largest absolute Gasteiger partial charge is 0.369 e. The quantitative estimate of drug-likeness (QED) is 0.468. The number of thiophene rings is 1. The molecule has 1 amide bonds. The average molecular weight is 399 g/mol. The molecule has 0 bridgehead atoms. The van der Waals surface area contributed by atoms with Crippen LogP contribution in [0, 0.1) is 3.70 Å². The van der Waals surface area contributed by atoms with E-state index >= 15 is 0 Å². The van der Waals surface area contributed by atoms with Crippen molar-refractivity contribution in [2.45, 2.75) is 6.23 Å². The molecular weight excluding hydrogens is 389 g/mol. The number of fused-ring (bicyclic) bond motifs is 1. The topological polar surface area (TPSA) is 78.0 Å². The summed E-state index contributed by atoms with van der Waals surface area (Å²) in [5, 5.41) is 24.0. The van der Waals surface area contributed by atoms with Crippen molar-refractivity contribution in [1.82, 2.24) is 15.5 Å². The summed E-state index contributed by atoms with van der Waals surface area (Å²) in [5.41, 5.74) is 1.98. The number of aliphatic hydroxyl groups excluding tert-OH is 1. The second-order valence-corrected chi connectivity index (χ2v) is 6.06. The molecule has 0 saturated heterocycles. The summed E-state index contributed by atoms with van der Waals surface area (Å²) in [4.78, 5) is 12.1. The number of aromatic nitrogens is 2. The number of hydrogen-bond donors (Lipinski definition) is 3. The van der Waals surface area contributed by atoms with Gasteiger partial charge in [0.15, 0.2) is 6.23 Å². The second kappa shape index (κ2) is 5.51. The number of carbonyl (C=O) groups excluding carboxylic acids is 1. The zero-order chi connectivity index (χ0) is 14.1. The molecule has 3 rings (SSSR count). The van der Waals surface area contributed by atoms with E-state index in [0.29, 0.717) is 11.1 Å². The summed E-state index contributed by atoms with van der Waals surface area (Å²) in [7, 11) is 0. The number of H-pyrrole nitrogens is 1. The van der Waals surface area contributed by atoms with Gasteiger partial charge in [0.1, 0.15) is 3.70 Å². The third-order valence-electron chi connectivity index (χ3n) is 2.90. The standard InChI is InChI=1S/C13H10IN3O2S/c14-11-9-5-7(1-2-10(9)16-17-11)12(18)15-13(19)8-3-4-20-6-8/h1-6,13,19H,(H,15,18)(H,16,17)/t13-/m0/s1. The molecule has 1 atom stereocenters. The zero-order valence-electron chi connectivity index (χ0n) is 10.1. The van der Waals surface area contributed by atoms with Crippen molar-refractivity contribution in [2.75, 3.05) is 0 Å². The molecule has 0 aliphatic rings. The Hall–Kier alpha value is -1.45. The van der Waals surface area contributed by atoms with Crippen LogP contribution >= 0.6 is 33.9 Å². The van der Waals surface area contributed by atoms with Crippen molar-refractivity contribution < 1.29 is 9.90 Å². The van der Waals surface area contributed by atoms with Crippen molar-refractivity contribution >= 4 is 50.7 Å². The van der Waals surface area contributed by atoms with Crippen LogP contribution in [0.25, 0.3) is 10.9 Å². The van der Waals surface area contributed by atoms with Gasteiger partial charge in [-0.25, -0.2) is 0 Å². The Morgan fingerprint density at radius 2 is 2.30 bits per heavy atom. The van der Waals surface area contributed by atoms with Crippen LogP contribution in [0.3, 0.4) is 0 Å². The lowest BCUT2D eigenvalue weighted by atomic mass is 10.1. The van der Waals surface area contributed by atoms with E-state index in [2.05, 4.69) is 38.1 Å². The number of amides is 1. The number of aliphatic hydroxyl groups is 1. The van der Waals surface area contributed by atoms with Gasteiger partial charge >= 0.3 is 0 Å². The SMILES string of the molecule is O=C(N[C@@H](O)c1ccsc1)c1ccc2n[nH]c(I)c2c1. The molecule has 0 unspecified atom stereocenters. The maximum absolute atomic E-state index is 12.1. The first-order chi connectivity index (χ1) is 9.65. The van der Waals surface area contributed by atoms with E-state index in [4.69, 9.17) is 0 Å². The molecule has 0 fully saturated rings. The molecule has 2 aromatic heterocycles. The molecule has 0 saturated carbocycles. The second-order valence-electron chi connectivity index (χ2n) is 4.20. The summed E-state index contributed by atoms with van der Waals surface area (Å²) in [5.74, 6) is -0.317. The number of hydrogen-bond acceptors (Lipinski definition) is 4. The van der Waals surface area contributed by atoms with Crippen molar-refractivity contribution in [3.05, 3.63) is 49.9 Å². The highest BCUT2D eigenvalue weighted by molar-refractivity contribution is 14.1. The van der Waals surface area contributed by atoms with Crippen molar-refractivity contribution in [2.24, 2.45) is 0 Å². The summed E-state index contributed by atoms with van der Waals surface area (Å²) in [6, 6.07) is 7.00. The van der Waals surface area contributed by atoms with Crippen LogP contribution in [0.2, 0.25) is 0 Å². The lowest BCUT2D eigenvalue weighted by molar-refractivity contribution is 0.0784. The Balaban J connectivity index is 1.83. The molecule has 20 heavy (non-hydrogen) atoms. The summed E-state index contributed by atoms with van der Waals surface area (Å²) in [6.45, 7) is 0. The third-order valence-corrected chi connectivity index (χ3v) is 4.42. The normalized spacial score (nSPS) is 12.5. The molecule has 2 heterocycles. The van der Waals surface area contributed by atoms with Crippen LogP contribution in [-0.4, -0.2) is 21.2 Å². The van der Waals surface area contributed by atoms with Crippen LogP contribution in [0.1, 0.15) is 22.1 Å². The van der Waals surface area contributed by atoms with Gasteiger partial charge in [-0.3, -0.25) is 9.89 Å². The van der Waals surface area contributed by atoms with Gasteiger partial charge in [0, 0.05) is 16.5 Å². The Labute approximate surface area is 132 Å². The number of rotatable bonds is 3. The minimum Gasteiger partial charge on any atom is -0.369 e. The number of nitrogens with one attached hydrogen (secondary N) is 2. The zero-order valence-corrected chi connectivity index (χ0v) is 13.1. The predicted molar refractivity (Wildman–Crippen MR) is 85.6 cm³/mol. The number of aromatic amines is 1. The molecule has 0 aliphatic heterocycles. The summed E-state index contributed by atoms with van der Waals surface area (Å²) < 4.78 is 0.880. The summed E-state index contributed by atoms with van der Waals surface area (Å²) in [6.07, 6.45) is -0.993. The Morgan fingerprint density at radius 1 is 1.45 bits per heavy atom. The van der Waals surface area contributed by atoms with E-state index in [1.165, 1.54) is 11.3 Å². The van der Waals surface area contributed by atoms with E-state index < -0.39 is 6.23 Å². The Kier molecular flexibility index (Phi) is 3.72. The molecule has 7 heteroatoms. The van der Waals surface area contributed by atoms with Gasteiger partial charge < -0.3 is 10.4 Å². The average Bonchev–Trinajstić information content (AvgIpc) is 3.09. The third kappa shape index (κ3) is 2.56. The van der Waals surface area contributed by atoms with Crippen LogP contribution < -0.4 is 5.32 Å². The smallest absolute Gasteiger partial charge is 0.253 e. The van der Waals surface area contributed by atoms with E-state index in [1.807, 2.05) is 5.38 Å². The number of nitrogens with zero attached hydrogens (tertiary/aromatic N) is 1. The van der Waals surface area contributed by atoms with E-state index in [0.717, 1.165) is 14.6 Å². The maximum Gasteiger partial charge on any atom is 0.253 e. The summed E-state index contributed by atoms with van der Waals surface area (Å²) >= 11 is 3.60. The van der Waals surface area contributed by atoms with E-state index in [9.17, 15) is 9.90 Å². The highest BCUT2D eigenvalue weighted by Crippen LogP contribution is 2.20. The monoisotopic (exact) mass is 399 g/mol. The fourth-order valence-corrected chi connectivity index (χ4v) is 3.07. The molecule has 3 aromatic rings. The minimum atomic E-state index is -0.993. The first kappa shape index (κ1) is 13.5. The van der Waals surface area contributed by atoms with Gasteiger partial charge in [0.25, 0.3) is 5.91 Å². The molecule has 1 aromatic carbocycles. The Morgan fingerprint density at radius 3 is 3.05 bits per heavy atom. The minimum absolute atomic E-state index is 0.317. The first-order valence-corrected chi connectivity index (χ1v) is 7.82. The molecule has 102 valence electrons. The van der Waals surface area contributed by atoms with Gasteiger partial charge in [-0.1, -0.05) is 0 Å².